The van der Waals surface area contributed by atoms with Gasteiger partial charge in [0.05, 0.1) is 5.92 Å². The fourth-order valence-corrected chi connectivity index (χ4v) is 1.93. The lowest BCUT2D eigenvalue weighted by Crippen LogP contribution is -2.33. The minimum Gasteiger partial charge on any atom is -0.481 e. The molecule has 1 amide bonds. The topological polar surface area (TPSA) is 92.2 Å². The Morgan fingerprint density at radius 2 is 2.31 bits per heavy atom. The quantitative estimate of drug-likeness (QED) is 0.740. The lowest BCUT2D eigenvalue weighted by molar-refractivity contribution is -0.140. The predicted octanol–water partition coefficient (Wildman–Crippen LogP) is 0.297. The summed E-state index contributed by atoms with van der Waals surface area (Å²) in [5.41, 5.74) is 0.261. The van der Waals surface area contributed by atoms with Crippen LogP contribution in [0.1, 0.15) is 16.9 Å². The van der Waals surface area contributed by atoms with Gasteiger partial charge >= 0.3 is 5.97 Å². The standard InChI is InChI=1S/C9H9N3O3S/c13-8(7-4-16-12-11-7)10-6-2-1-5(3-6)9(14)15/h1-2,4-6H,3H2,(H,10,13)(H,14,15). The smallest absolute Gasteiger partial charge is 0.310 e. The van der Waals surface area contributed by atoms with Crippen LogP contribution < -0.4 is 5.32 Å². The Bertz CT molecular complexity index is 429. The van der Waals surface area contributed by atoms with E-state index < -0.39 is 11.9 Å². The maximum Gasteiger partial charge on any atom is 0.310 e. The Hall–Kier alpha value is -1.76. The zero-order valence-electron chi connectivity index (χ0n) is 8.16. The van der Waals surface area contributed by atoms with Gasteiger partial charge < -0.3 is 10.4 Å². The summed E-state index contributed by atoms with van der Waals surface area (Å²) in [6.07, 6.45) is 3.67. The summed E-state index contributed by atoms with van der Waals surface area (Å²) in [5.74, 6) is -1.71. The zero-order chi connectivity index (χ0) is 11.5. The van der Waals surface area contributed by atoms with E-state index in [4.69, 9.17) is 5.11 Å². The number of carboxylic acid groups (broad SMARTS) is 1. The monoisotopic (exact) mass is 239 g/mol. The lowest BCUT2D eigenvalue weighted by Gasteiger charge is -2.10. The molecule has 0 bridgehead atoms. The predicted molar refractivity (Wildman–Crippen MR) is 56.0 cm³/mol. The van der Waals surface area contributed by atoms with Crippen molar-refractivity contribution in [3.05, 3.63) is 23.2 Å². The minimum absolute atomic E-state index is 0.240. The van der Waals surface area contributed by atoms with Crippen molar-refractivity contribution >= 4 is 23.4 Å². The highest BCUT2D eigenvalue weighted by Crippen LogP contribution is 2.18. The molecule has 6 nitrogen and oxygen atoms in total. The molecule has 0 radical (unpaired) electrons. The van der Waals surface area contributed by atoms with E-state index >= 15 is 0 Å². The molecule has 1 aromatic heterocycles. The van der Waals surface area contributed by atoms with E-state index in [0.29, 0.717) is 6.42 Å². The molecule has 1 aromatic rings. The van der Waals surface area contributed by atoms with Crippen LogP contribution in [0, 0.1) is 5.92 Å². The molecule has 16 heavy (non-hydrogen) atoms. The van der Waals surface area contributed by atoms with E-state index in [-0.39, 0.29) is 17.6 Å². The molecule has 1 heterocycles. The third kappa shape index (κ3) is 2.25. The normalized spacial score (nSPS) is 23.2. The summed E-state index contributed by atoms with van der Waals surface area (Å²) in [4.78, 5) is 22.2. The van der Waals surface area contributed by atoms with E-state index in [1.54, 1.807) is 17.5 Å². The van der Waals surface area contributed by atoms with E-state index in [0.717, 1.165) is 11.5 Å². The van der Waals surface area contributed by atoms with Gasteiger partial charge in [-0.2, -0.15) is 0 Å². The second-order valence-corrected chi connectivity index (χ2v) is 4.05. The third-order valence-electron chi connectivity index (χ3n) is 2.31. The molecule has 1 aliphatic rings. The molecule has 0 saturated heterocycles. The molecule has 2 N–H and O–H groups in total. The number of carbonyl (C=O) groups excluding carboxylic acids is 1. The van der Waals surface area contributed by atoms with Crippen molar-refractivity contribution in [3.63, 3.8) is 0 Å². The molecule has 0 fully saturated rings. The summed E-state index contributed by atoms with van der Waals surface area (Å²) >= 11 is 1.10. The largest absolute Gasteiger partial charge is 0.481 e. The number of carboxylic acids is 1. The molecule has 2 atom stereocenters. The Balaban J connectivity index is 1.91. The summed E-state index contributed by atoms with van der Waals surface area (Å²) in [6, 6.07) is -0.240. The van der Waals surface area contributed by atoms with Gasteiger partial charge in [0.15, 0.2) is 5.69 Å². The number of nitrogens with one attached hydrogen (secondary N) is 1. The first-order valence-corrected chi connectivity index (χ1v) is 5.49. The molecule has 0 aliphatic heterocycles. The van der Waals surface area contributed by atoms with Crippen molar-refractivity contribution in [2.24, 2.45) is 5.92 Å². The van der Waals surface area contributed by atoms with Crippen LogP contribution in [0.25, 0.3) is 0 Å². The van der Waals surface area contributed by atoms with Crippen molar-refractivity contribution in [2.75, 3.05) is 0 Å². The van der Waals surface area contributed by atoms with E-state index in [1.807, 2.05) is 0 Å². The summed E-state index contributed by atoms with van der Waals surface area (Å²) < 4.78 is 3.58. The molecule has 0 aromatic carbocycles. The van der Waals surface area contributed by atoms with E-state index in [1.165, 1.54) is 0 Å². The second kappa shape index (κ2) is 4.40. The van der Waals surface area contributed by atoms with Crippen LogP contribution in [0.3, 0.4) is 0 Å². The van der Waals surface area contributed by atoms with Crippen LogP contribution in [-0.4, -0.2) is 32.6 Å². The Labute approximate surface area is 95.1 Å². The molecule has 84 valence electrons. The van der Waals surface area contributed by atoms with E-state index in [9.17, 15) is 9.59 Å². The van der Waals surface area contributed by atoms with Gasteiger partial charge in [-0.3, -0.25) is 9.59 Å². The lowest BCUT2D eigenvalue weighted by atomic mass is 10.1. The van der Waals surface area contributed by atoms with E-state index in [2.05, 4.69) is 14.9 Å². The van der Waals surface area contributed by atoms with Crippen molar-refractivity contribution in [2.45, 2.75) is 12.5 Å². The molecule has 1 aliphatic carbocycles. The van der Waals surface area contributed by atoms with Gasteiger partial charge in [0.25, 0.3) is 5.91 Å². The second-order valence-electron chi connectivity index (χ2n) is 3.44. The zero-order valence-corrected chi connectivity index (χ0v) is 8.98. The van der Waals surface area contributed by atoms with Crippen LogP contribution in [0.15, 0.2) is 17.5 Å². The first-order valence-electron chi connectivity index (χ1n) is 4.66. The molecule has 0 saturated carbocycles. The highest BCUT2D eigenvalue weighted by Gasteiger charge is 2.25. The van der Waals surface area contributed by atoms with Crippen molar-refractivity contribution in [1.82, 2.24) is 14.9 Å². The average Bonchev–Trinajstić information content (AvgIpc) is 2.87. The van der Waals surface area contributed by atoms with Gasteiger partial charge in [-0.05, 0) is 18.0 Å². The van der Waals surface area contributed by atoms with Crippen molar-refractivity contribution < 1.29 is 14.7 Å². The number of aromatic nitrogens is 2. The maximum absolute atomic E-state index is 11.6. The van der Waals surface area contributed by atoms with Crippen molar-refractivity contribution in [1.29, 1.82) is 0 Å². The number of rotatable bonds is 3. The molecule has 2 rings (SSSR count). The SMILES string of the molecule is O=C(NC1C=CC(C(=O)O)C1)c1csnn1. The number of hydrogen-bond donors (Lipinski definition) is 2. The van der Waals surface area contributed by atoms with Crippen LogP contribution in [0.4, 0.5) is 0 Å². The van der Waals surface area contributed by atoms with Gasteiger partial charge in [0, 0.05) is 11.4 Å². The molecular formula is C9H9N3O3S. The average molecular weight is 239 g/mol. The van der Waals surface area contributed by atoms with Crippen LogP contribution in [-0.2, 0) is 4.79 Å². The van der Waals surface area contributed by atoms with Gasteiger partial charge in [0.1, 0.15) is 0 Å². The number of carbonyl (C=O) groups is 2. The maximum atomic E-state index is 11.6. The first-order chi connectivity index (χ1) is 7.66. The Morgan fingerprint density at radius 1 is 1.50 bits per heavy atom. The molecule has 0 spiro atoms. The summed E-state index contributed by atoms with van der Waals surface area (Å²) in [5, 5.41) is 16.6. The minimum atomic E-state index is -0.872. The van der Waals surface area contributed by atoms with Gasteiger partial charge in [-0.1, -0.05) is 16.6 Å². The van der Waals surface area contributed by atoms with Gasteiger partial charge in [-0.25, -0.2) is 0 Å². The number of hydrogen-bond acceptors (Lipinski definition) is 5. The van der Waals surface area contributed by atoms with Crippen LogP contribution >= 0.6 is 11.5 Å². The number of amides is 1. The summed E-state index contributed by atoms with van der Waals surface area (Å²) in [7, 11) is 0. The third-order valence-corrected chi connectivity index (χ3v) is 2.81. The van der Waals surface area contributed by atoms with Gasteiger partial charge in [-0.15, -0.1) is 5.10 Å². The first kappa shape index (κ1) is 10.7. The molecular weight excluding hydrogens is 230 g/mol. The summed E-state index contributed by atoms with van der Waals surface area (Å²) in [6.45, 7) is 0. The fraction of sp³-hybridized carbons (Fsp3) is 0.333. The molecule has 2 unspecified atom stereocenters. The highest BCUT2D eigenvalue weighted by atomic mass is 32.1. The van der Waals surface area contributed by atoms with Gasteiger partial charge in [0.2, 0.25) is 0 Å². The van der Waals surface area contributed by atoms with Crippen molar-refractivity contribution in [3.8, 4) is 0 Å². The van der Waals surface area contributed by atoms with Crippen LogP contribution in [0.2, 0.25) is 0 Å². The van der Waals surface area contributed by atoms with Crippen LogP contribution in [0.5, 0.6) is 0 Å². The number of nitrogens with zero attached hydrogens (tertiary/aromatic N) is 2. The fourth-order valence-electron chi connectivity index (χ4n) is 1.50. The Kier molecular flexibility index (Phi) is 2.95. The highest BCUT2D eigenvalue weighted by molar-refractivity contribution is 7.03. The molecule has 7 heteroatoms. The Morgan fingerprint density at radius 3 is 2.88 bits per heavy atom. The number of aliphatic carboxylic acids is 1.